The van der Waals surface area contributed by atoms with E-state index in [0.29, 0.717) is 18.3 Å². The highest BCUT2D eigenvalue weighted by Crippen LogP contribution is 2.56. The highest BCUT2D eigenvalue weighted by Gasteiger charge is 2.44. The summed E-state index contributed by atoms with van der Waals surface area (Å²) in [6, 6.07) is 19.3. The molecule has 0 saturated heterocycles. The number of carbonyl (C=O) groups is 1. The van der Waals surface area contributed by atoms with Gasteiger partial charge in [0.1, 0.15) is 0 Å². The molecule has 2 heterocycles. The van der Waals surface area contributed by atoms with Crippen molar-refractivity contribution in [3.05, 3.63) is 71.3 Å². The summed E-state index contributed by atoms with van der Waals surface area (Å²) in [5.74, 6) is 3.05. The molecular formula is C30H32N2O. The molecule has 2 aliphatic heterocycles. The van der Waals surface area contributed by atoms with Crippen LogP contribution in [0.3, 0.4) is 0 Å². The summed E-state index contributed by atoms with van der Waals surface area (Å²) in [6.45, 7) is 2.50. The van der Waals surface area contributed by atoms with Crippen molar-refractivity contribution in [1.29, 1.82) is 0 Å². The molecule has 33 heavy (non-hydrogen) atoms. The van der Waals surface area contributed by atoms with Gasteiger partial charge in [-0.3, -0.25) is 4.79 Å². The molecule has 2 aliphatic carbocycles. The van der Waals surface area contributed by atoms with E-state index >= 15 is 0 Å². The maximum Gasteiger partial charge on any atom is 0.228 e. The van der Waals surface area contributed by atoms with Crippen LogP contribution in [0.1, 0.15) is 67.1 Å². The minimum atomic E-state index is 0.0907. The van der Waals surface area contributed by atoms with E-state index in [1.165, 1.54) is 73.5 Å². The summed E-state index contributed by atoms with van der Waals surface area (Å²) in [5, 5.41) is 5.69. The van der Waals surface area contributed by atoms with Gasteiger partial charge in [-0.1, -0.05) is 55.3 Å². The number of hydrogen-bond acceptors (Lipinski definition) is 2. The zero-order chi connectivity index (χ0) is 21.9. The van der Waals surface area contributed by atoms with E-state index in [0.717, 1.165) is 23.1 Å². The van der Waals surface area contributed by atoms with Gasteiger partial charge in [0.2, 0.25) is 5.91 Å². The number of nitrogens with zero attached hydrogens (tertiary/aromatic N) is 1. The lowest BCUT2D eigenvalue weighted by molar-refractivity contribution is -0.115. The summed E-state index contributed by atoms with van der Waals surface area (Å²) in [6.07, 6.45) is 8.46. The third-order valence-corrected chi connectivity index (χ3v) is 9.03. The first kappa shape index (κ1) is 19.6. The Morgan fingerprint density at radius 2 is 1.52 bits per heavy atom. The number of benzene rings is 3. The Kier molecular flexibility index (Phi) is 4.53. The third-order valence-electron chi connectivity index (χ3n) is 9.03. The molecule has 0 unspecified atom stereocenters. The van der Waals surface area contributed by atoms with Gasteiger partial charge in [-0.2, -0.15) is 0 Å². The van der Waals surface area contributed by atoms with Gasteiger partial charge < -0.3 is 10.2 Å². The van der Waals surface area contributed by atoms with Gasteiger partial charge in [0.25, 0.3) is 0 Å². The Balaban J connectivity index is 1.23. The Labute approximate surface area is 196 Å². The van der Waals surface area contributed by atoms with Crippen LogP contribution in [0.5, 0.6) is 0 Å². The summed E-state index contributed by atoms with van der Waals surface area (Å²) in [4.78, 5) is 15.9. The molecule has 0 bridgehead atoms. The monoisotopic (exact) mass is 436 g/mol. The van der Waals surface area contributed by atoms with Gasteiger partial charge in [0, 0.05) is 24.5 Å². The van der Waals surface area contributed by atoms with E-state index < -0.39 is 0 Å². The quantitative estimate of drug-likeness (QED) is 0.500. The number of hydrogen-bond donors (Lipinski definition) is 1. The second kappa shape index (κ2) is 7.62. The zero-order valence-electron chi connectivity index (χ0n) is 19.2. The van der Waals surface area contributed by atoms with Crippen molar-refractivity contribution < 1.29 is 4.79 Å². The van der Waals surface area contributed by atoms with E-state index in [-0.39, 0.29) is 5.91 Å². The van der Waals surface area contributed by atoms with Gasteiger partial charge in [0.05, 0.1) is 6.42 Å². The summed E-state index contributed by atoms with van der Waals surface area (Å²) < 4.78 is 0. The standard InChI is InChI=1S/C30H32N2O/c33-29(14-20-8-3-7-19-6-1-2-11-24(19)20)31-23-15-27-25-12-4-9-21(25)17-32-18-22-10-5-13-26(22)28(16-23)30(27)32/h1-3,6-8,11,15-16,21-22,25-26H,4-5,9-10,12-14,17-18H2,(H,31,33)/t21-,22+,25+,26-. The van der Waals surface area contributed by atoms with Crippen molar-refractivity contribution in [2.75, 3.05) is 23.3 Å². The van der Waals surface area contributed by atoms with E-state index in [1.54, 1.807) is 5.69 Å². The molecule has 168 valence electrons. The lowest BCUT2D eigenvalue weighted by Gasteiger charge is -2.46. The van der Waals surface area contributed by atoms with Gasteiger partial charge >= 0.3 is 0 Å². The molecule has 1 N–H and O–H groups in total. The van der Waals surface area contributed by atoms with Crippen LogP contribution in [-0.2, 0) is 11.2 Å². The average molecular weight is 437 g/mol. The number of amides is 1. The first-order chi connectivity index (χ1) is 16.2. The van der Waals surface area contributed by atoms with Crippen molar-refractivity contribution in [1.82, 2.24) is 0 Å². The highest BCUT2D eigenvalue weighted by molar-refractivity contribution is 5.96. The maximum atomic E-state index is 13.2. The molecule has 2 saturated carbocycles. The number of rotatable bonds is 3. The zero-order valence-corrected chi connectivity index (χ0v) is 19.2. The summed E-state index contributed by atoms with van der Waals surface area (Å²) in [7, 11) is 0. The molecular weight excluding hydrogens is 404 g/mol. The Hall–Kier alpha value is -2.81. The van der Waals surface area contributed by atoms with Gasteiger partial charge in [0.15, 0.2) is 0 Å². The number of carbonyl (C=O) groups excluding carboxylic acids is 1. The lowest BCUT2D eigenvalue weighted by Crippen LogP contribution is -2.43. The molecule has 3 aromatic carbocycles. The van der Waals surface area contributed by atoms with Gasteiger partial charge in [-0.25, -0.2) is 0 Å². The van der Waals surface area contributed by atoms with E-state index in [9.17, 15) is 4.79 Å². The Morgan fingerprint density at radius 3 is 2.24 bits per heavy atom. The van der Waals surface area contributed by atoms with Gasteiger partial charge in [-0.15, -0.1) is 0 Å². The molecule has 3 aromatic rings. The van der Waals surface area contributed by atoms with Crippen molar-refractivity contribution in [2.24, 2.45) is 11.8 Å². The van der Waals surface area contributed by atoms with Crippen LogP contribution in [-0.4, -0.2) is 19.0 Å². The normalized spacial score (nSPS) is 27.2. The summed E-state index contributed by atoms with van der Waals surface area (Å²) >= 11 is 0. The molecule has 0 aromatic heterocycles. The Morgan fingerprint density at radius 1 is 0.848 bits per heavy atom. The second-order valence-corrected chi connectivity index (χ2v) is 10.9. The predicted octanol–water partition coefficient (Wildman–Crippen LogP) is 6.62. The molecule has 4 aliphatic rings. The second-order valence-electron chi connectivity index (χ2n) is 10.9. The molecule has 4 atom stereocenters. The fraction of sp³-hybridized carbons (Fsp3) is 0.433. The Bertz CT molecular complexity index is 1200. The molecule has 3 heteroatoms. The van der Waals surface area contributed by atoms with Crippen molar-refractivity contribution in [3.63, 3.8) is 0 Å². The van der Waals surface area contributed by atoms with Crippen molar-refractivity contribution in [2.45, 2.75) is 56.8 Å². The van der Waals surface area contributed by atoms with Gasteiger partial charge in [-0.05, 0) is 89.0 Å². The van der Waals surface area contributed by atoms with Crippen LogP contribution in [0.15, 0.2) is 54.6 Å². The fourth-order valence-electron chi connectivity index (χ4n) is 7.66. The smallest absolute Gasteiger partial charge is 0.228 e. The highest BCUT2D eigenvalue weighted by atomic mass is 16.1. The molecule has 1 amide bonds. The molecule has 0 radical (unpaired) electrons. The fourth-order valence-corrected chi connectivity index (χ4v) is 7.66. The van der Waals surface area contributed by atoms with Crippen LogP contribution >= 0.6 is 0 Å². The van der Waals surface area contributed by atoms with E-state index in [1.807, 2.05) is 0 Å². The topological polar surface area (TPSA) is 32.3 Å². The SMILES string of the molecule is O=C(Cc1cccc2ccccc12)Nc1cc2c3c(c1)[C@@H]1CCC[C@H]1CN3C[C@H]1CCC[C@H]21. The summed E-state index contributed by atoms with van der Waals surface area (Å²) in [5.41, 5.74) is 6.74. The van der Waals surface area contributed by atoms with Crippen LogP contribution < -0.4 is 10.2 Å². The van der Waals surface area contributed by atoms with E-state index in [2.05, 4.69) is 64.8 Å². The van der Waals surface area contributed by atoms with Crippen molar-refractivity contribution in [3.8, 4) is 0 Å². The maximum absolute atomic E-state index is 13.2. The first-order valence-electron chi connectivity index (χ1n) is 12.9. The minimum Gasteiger partial charge on any atom is -0.370 e. The molecule has 7 rings (SSSR count). The lowest BCUT2D eigenvalue weighted by atomic mass is 9.75. The molecule has 2 fully saturated rings. The molecule has 3 nitrogen and oxygen atoms in total. The largest absolute Gasteiger partial charge is 0.370 e. The minimum absolute atomic E-state index is 0.0907. The van der Waals surface area contributed by atoms with Crippen LogP contribution in [0.2, 0.25) is 0 Å². The van der Waals surface area contributed by atoms with Crippen LogP contribution in [0.25, 0.3) is 10.8 Å². The predicted molar refractivity (Wildman–Crippen MR) is 135 cm³/mol. The number of anilines is 2. The average Bonchev–Trinajstić information content (AvgIpc) is 3.49. The van der Waals surface area contributed by atoms with Crippen LogP contribution in [0, 0.1) is 11.8 Å². The third kappa shape index (κ3) is 3.19. The van der Waals surface area contributed by atoms with Crippen LogP contribution in [0.4, 0.5) is 11.4 Å². The molecule has 0 spiro atoms. The first-order valence-corrected chi connectivity index (χ1v) is 12.9. The van der Waals surface area contributed by atoms with Crippen molar-refractivity contribution >= 4 is 28.1 Å². The number of fused-ring (bicyclic) bond motifs is 5. The number of nitrogens with one attached hydrogen (secondary N) is 1. The van der Waals surface area contributed by atoms with E-state index in [4.69, 9.17) is 0 Å².